The van der Waals surface area contributed by atoms with E-state index in [1.807, 2.05) is 35.9 Å². The first-order valence-electron chi connectivity index (χ1n) is 7.10. The van der Waals surface area contributed by atoms with Gasteiger partial charge in [0, 0.05) is 16.7 Å². The summed E-state index contributed by atoms with van der Waals surface area (Å²) in [6.45, 7) is 0. The van der Waals surface area contributed by atoms with Gasteiger partial charge in [-0.05, 0) is 30.4 Å². The van der Waals surface area contributed by atoms with E-state index < -0.39 is 12.0 Å². The number of carbonyl (C=O) groups is 2. The zero-order chi connectivity index (χ0) is 16.7. The third-order valence-corrected chi connectivity index (χ3v) is 4.70. The van der Waals surface area contributed by atoms with Crippen LogP contribution in [0.5, 0.6) is 0 Å². The number of thioether (sulfide) groups is 1. The quantitative estimate of drug-likeness (QED) is 0.715. The minimum Gasteiger partial charge on any atom is -0.481 e. The summed E-state index contributed by atoms with van der Waals surface area (Å²) < 4.78 is 0. The molecule has 0 fully saturated rings. The van der Waals surface area contributed by atoms with Crippen LogP contribution in [0.1, 0.15) is 30.1 Å². The molecule has 2 N–H and O–H groups in total. The fraction of sp³-hybridized carbons (Fsp3) is 0.312. The number of carboxylic acids is 1. The molecule has 2 aromatic rings. The van der Waals surface area contributed by atoms with E-state index in [2.05, 4.69) is 10.3 Å². The lowest BCUT2D eigenvalue weighted by Crippen LogP contribution is -2.30. The monoisotopic (exact) mass is 350 g/mol. The molecule has 7 heteroatoms. The Kier molecular flexibility index (Phi) is 6.61. The summed E-state index contributed by atoms with van der Waals surface area (Å²) in [6, 6.07) is 7.05. The van der Waals surface area contributed by atoms with Gasteiger partial charge in [-0.1, -0.05) is 12.1 Å². The van der Waals surface area contributed by atoms with Crippen molar-refractivity contribution in [3.8, 4) is 0 Å². The number of nitrogens with one attached hydrogen (secondary N) is 1. The van der Waals surface area contributed by atoms with Crippen molar-refractivity contribution in [2.45, 2.75) is 30.2 Å². The fourth-order valence-corrected chi connectivity index (χ4v) is 3.13. The maximum absolute atomic E-state index is 12.1. The Morgan fingerprint density at radius 3 is 2.65 bits per heavy atom. The van der Waals surface area contributed by atoms with E-state index in [1.54, 1.807) is 17.3 Å². The second kappa shape index (κ2) is 8.69. The third kappa shape index (κ3) is 5.69. The molecule has 122 valence electrons. The number of amides is 1. The normalized spacial score (nSPS) is 11.9. The highest BCUT2D eigenvalue weighted by molar-refractivity contribution is 7.98. The van der Waals surface area contributed by atoms with Crippen molar-refractivity contribution in [2.75, 3.05) is 6.26 Å². The highest BCUT2D eigenvalue weighted by atomic mass is 32.2. The molecular weight excluding hydrogens is 332 g/mol. The maximum Gasteiger partial charge on any atom is 0.305 e. The van der Waals surface area contributed by atoms with Crippen LogP contribution >= 0.6 is 23.1 Å². The molecule has 0 aliphatic heterocycles. The number of thiazole rings is 1. The largest absolute Gasteiger partial charge is 0.481 e. The number of carbonyl (C=O) groups excluding carboxylic acids is 1. The lowest BCUT2D eigenvalue weighted by molar-refractivity contribution is -0.137. The number of nitrogens with zero attached hydrogens (tertiary/aromatic N) is 1. The molecule has 0 bridgehead atoms. The summed E-state index contributed by atoms with van der Waals surface area (Å²) in [5, 5.41) is 13.8. The van der Waals surface area contributed by atoms with Gasteiger partial charge in [0.25, 0.3) is 0 Å². The van der Waals surface area contributed by atoms with Crippen LogP contribution in [0.4, 0.5) is 0 Å². The fourth-order valence-electron chi connectivity index (χ4n) is 2.13. The van der Waals surface area contributed by atoms with E-state index in [-0.39, 0.29) is 12.3 Å². The van der Waals surface area contributed by atoms with Crippen LogP contribution in [0.3, 0.4) is 0 Å². The molecule has 0 aliphatic rings. The van der Waals surface area contributed by atoms with E-state index in [9.17, 15) is 9.59 Å². The minimum atomic E-state index is -0.941. The Balaban J connectivity index is 1.99. The highest BCUT2D eigenvalue weighted by Gasteiger charge is 2.18. The highest BCUT2D eigenvalue weighted by Crippen LogP contribution is 2.21. The molecule has 1 amide bonds. The van der Waals surface area contributed by atoms with Crippen LogP contribution < -0.4 is 5.32 Å². The number of carboxylic acid groups (broad SMARTS) is 1. The summed E-state index contributed by atoms with van der Waals surface area (Å²) in [4.78, 5) is 28.4. The SMILES string of the molecule is CSc1ccc(C(CC(=O)O)NC(=O)CCc2cscn2)cc1. The number of benzene rings is 1. The number of aliphatic carboxylic acids is 1. The van der Waals surface area contributed by atoms with Crippen molar-refractivity contribution in [3.05, 3.63) is 46.4 Å². The molecule has 0 saturated carbocycles. The van der Waals surface area contributed by atoms with E-state index >= 15 is 0 Å². The standard InChI is InChI=1S/C16H18N2O3S2/c1-22-13-5-2-11(3-6-13)14(8-16(20)21)18-15(19)7-4-12-9-23-10-17-12/h2-3,5-6,9-10,14H,4,7-8H2,1H3,(H,18,19)(H,20,21). The summed E-state index contributed by atoms with van der Waals surface area (Å²) >= 11 is 3.11. The van der Waals surface area contributed by atoms with Crippen molar-refractivity contribution in [3.63, 3.8) is 0 Å². The predicted molar refractivity (Wildman–Crippen MR) is 91.8 cm³/mol. The van der Waals surface area contributed by atoms with Gasteiger partial charge in [-0.25, -0.2) is 4.98 Å². The van der Waals surface area contributed by atoms with Crippen LogP contribution in [0.2, 0.25) is 0 Å². The average Bonchev–Trinajstić information content (AvgIpc) is 3.05. The number of hydrogen-bond acceptors (Lipinski definition) is 5. The molecule has 5 nitrogen and oxygen atoms in total. The average molecular weight is 350 g/mol. The maximum atomic E-state index is 12.1. The van der Waals surface area contributed by atoms with Crippen LogP contribution in [-0.2, 0) is 16.0 Å². The molecule has 1 unspecified atom stereocenters. The van der Waals surface area contributed by atoms with Crippen LogP contribution in [0.15, 0.2) is 40.1 Å². The molecule has 0 saturated heterocycles. The molecule has 1 heterocycles. The van der Waals surface area contributed by atoms with Gasteiger partial charge < -0.3 is 10.4 Å². The summed E-state index contributed by atoms with van der Waals surface area (Å²) in [7, 11) is 0. The minimum absolute atomic E-state index is 0.138. The van der Waals surface area contributed by atoms with E-state index in [4.69, 9.17) is 5.11 Å². The molecule has 0 radical (unpaired) electrons. The second-order valence-corrected chi connectivity index (χ2v) is 6.57. The van der Waals surface area contributed by atoms with Crippen LogP contribution in [0, 0.1) is 0 Å². The van der Waals surface area contributed by atoms with Crippen molar-refractivity contribution < 1.29 is 14.7 Å². The molecular formula is C16H18N2O3S2. The van der Waals surface area contributed by atoms with Crippen molar-refractivity contribution >= 4 is 35.0 Å². The smallest absolute Gasteiger partial charge is 0.305 e. The first kappa shape index (κ1) is 17.5. The van der Waals surface area contributed by atoms with Gasteiger partial charge in [0.2, 0.25) is 5.91 Å². The van der Waals surface area contributed by atoms with Crippen LogP contribution in [-0.4, -0.2) is 28.2 Å². The molecule has 1 aromatic carbocycles. The van der Waals surface area contributed by atoms with Gasteiger partial charge in [-0.3, -0.25) is 9.59 Å². The van der Waals surface area contributed by atoms with Gasteiger partial charge in [-0.15, -0.1) is 23.1 Å². The zero-order valence-electron chi connectivity index (χ0n) is 12.7. The molecule has 0 aliphatic carbocycles. The van der Waals surface area contributed by atoms with Crippen molar-refractivity contribution in [1.29, 1.82) is 0 Å². The molecule has 2 rings (SSSR count). The zero-order valence-corrected chi connectivity index (χ0v) is 14.3. The van der Waals surface area contributed by atoms with E-state index in [0.29, 0.717) is 12.8 Å². The topological polar surface area (TPSA) is 79.3 Å². The molecule has 23 heavy (non-hydrogen) atoms. The number of aromatic nitrogens is 1. The van der Waals surface area contributed by atoms with Gasteiger partial charge in [0.15, 0.2) is 0 Å². The van der Waals surface area contributed by atoms with Gasteiger partial charge in [0.1, 0.15) is 0 Å². The number of hydrogen-bond donors (Lipinski definition) is 2. The second-order valence-electron chi connectivity index (χ2n) is 4.97. The molecule has 1 atom stereocenters. The van der Waals surface area contributed by atoms with E-state index in [0.717, 1.165) is 16.2 Å². The van der Waals surface area contributed by atoms with Gasteiger partial charge in [0.05, 0.1) is 23.7 Å². The first-order valence-corrected chi connectivity index (χ1v) is 9.27. The van der Waals surface area contributed by atoms with Gasteiger partial charge in [-0.2, -0.15) is 0 Å². The number of rotatable bonds is 8. The van der Waals surface area contributed by atoms with Crippen LogP contribution in [0.25, 0.3) is 0 Å². The predicted octanol–water partition coefficient (Wildman–Crippen LogP) is 3.13. The van der Waals surface area contributed by atoms with Gasteiger partial charge >= 0.3 is 5.97 Å². The lowest BCUT2D eigenvalue weighted by atomic mass is 10.0. The lowest BCUT2D eigenvalue weighted by Gasteiger charge is -2.17. The molecule has 0 spiro atoms. The number of aryl methyl sites for hydroxylation is 1. The Labute approximate surface area is 143 Å². The Morgan fingerprint density at radius 1 is 1.35 bits per heavy atom. The summed E-state index contributed by atoms with van der Waals surface area (Å²) in [6.07, 6.45) is 2.69. The molecule has 1 aromatic heterocycles. The Bertz CT molecular complexity index is 642. The summed E-state index contributed by atoms with van der Waals surface area (Å²) in [5.74, 6) is -1.11. The van der Waals surface area contributed by atoms with E-state index in [1.165, 1.54) is 11.3 Å². The third-order valence-electron chi connectivity index (χ3n) is 3.32. The summed E-state index contributed by atoms with van der Waals surface area (Å²) in [5.41, 5.74) is 3.41. The Morgan fingerprint density at radius 2 is 2.09 bits per heavy atom. The van der Waals surface area contributed by atoms with Crippen molar-refractivity contribution in [1.82, 2.24) is 10.3 Å². The van der Waals surface area contributed by atoms with Crippen molar-refractivity contribution in [2.24, 2.45) is 0 Å². The Hall–Kier alpha value is -1.86. The first-order chi connectivity index (χ1) is 11.1.